The molecule has 3 N–H and O–H groups in total. The number of hydrogen-bond acceptors (Lipinski definition) is 5. The highest BCUT2D eigenvalue weighted by molar-refractivity contribution is 6.33. The summed E-state index contributed by atoms with van der Waals surface area (Å²) in [6.07, 6.45) is 5.48. The average molecular weight is 288 g/mol. The van der Waals surface area contributed by atoms with Crippen molar-refractivity contribution in [3.05, 3.63) is 23.6 Å². The molecule has 0 spiro atoms. The fourth-order valence-electron chi connectivity index (χ4n) is 2.01. The van der Waals surface area contributed by atoms with Crippen LogP contribution in [0.25, 0.3) is 11.2 Å². The molecule has 0 bridgehead atoms. The van der Waals surface area contributed by atoms with Crippen LogP contribution in [0, 0.1) is 0 Å². The number of nitrogen functional groups attached to an aromatic ring is 1. The number of anilines is 1. The first-order valence-electron chi connectivity index (χ1n) is 5.17. The minimum Gasteiger partial charge on any atom is -0.389 e. The van der Waals surface area contributed by atoms with E-state index < -0.39 is 6.10 Å². The van der Waals surface area contributed by atoms with Crippen molar-refractivity contribution < 1.29 is 5.11 Å². The van der Waals surface area contributed by atoms with E-state index in [-0.39, 0.29) is 29.6 Å². The quantitative estimate of drug-likeness (QED) is 0.610. The second-order valence-electron chi connectivity index (χ2n) is 3.95. The van der Waals surface area contributed by atoms with Crippen LogP contribution in [0.15, 0.2) is 18.5 Å². The molecule has 0 saturated heterocycles. The minimum atomic E-state index is -0.424. The monoisotopic (exact) mass is 287 g/mol. The average Bonchev–Trinajstić information content (AvgIpc) is 2.83. The van der Waals surface area contributed by atoms with E-state index in [1.54, 1.807) is 12.4 Å². The van der Waals surface area contributed by atoms with Crippen LogP contribution < -0.4 is 5.73 Å². The second kappa shape index (κ2) is 4.72. The van der Waals surface area contributed by atoms with E-state index >= 15 is 0 Å². The molecule has 1 aliphatic carbocycles. The van der Waals surface area contributed by atoms with Crippen molar-refractivity contribution in [3.8, 4) is 0 Å². The predicted octanol–water partition coefficient (Wildman–Crippen LogP) is 1.35. The number of nitrogens with zero attached hydrogens (tertiary/aromatic N) is 4. The SMILES string of the molecule is Cl.Nc1nc(Cl)c2ncn([C@H]3C=C[C@@H](O)C3)c2n1. The first-order chi connectivity index (χ1) is 8.15. The molecule has 6 nitrogen and oxygen atoms in total. The molecular formula is C10H11Cl2N5O. The van der Waals surface area contributed by atoms with Crippen LogP contribution in [0.4, 0.5) is 5.95 Å². The lowest BCUT2D eigenvalue weighted by molar-refractivity contribution is 0.211. The number of nitrogens with two attached hydrogens (primary N) is 1. The molecule has 8 heteroatoms. The van der Waals surface area contributed by atoms with Crippen LogP contribution in [0.1, 0.15) is 12.5 Å². The van der Waals surface area contributed by atoms with Crippen molar-refractivity contribution in [3.63, 3.8) is 0 Å². The number of allylic oxidation sites excluding steroid dienone is 1. The molecule has 18 heavy (non-hydrogen) atoms. The van der Waals surface area contributed by atoms with Gasteiger partial charge in [-0.2, -0.15) is 9.97 Å². The van der Waals surface area contributed by atoms with Gasteiger partial charge in [-0.15, -0.1) is 12.4 Å². The van der Waals surface area contributed by atoms with Crippen LogP contribution >= 0.6 is 24.0 Å². The fraction of sp³-hybridized carbons (Fsp3) is 0.300. The van der Waals surface area contributed by atoms with Gasteiger partial charge >= 0.3 is 0 Å². The Hall–Kier alpha value is -1.37. The zero-order chi connectivity index (χ0) is 12.0. The zero-order valence-electron chi connectivity index (χ0n) is 9.19. The number of rotatable bonds is 1. The van der Waals surface area contributed by atoms with Crippen molar-refractivity contribution in [1.29, 1.82) is 0 Å². The Labute approximate surface area is 114 Å². The van der Waals surface area contributed by atoms with Crippen molar-refractivity contribution in [2.45, 2.75) is 18.6 Å². The topological polar surface area (TPSA) is 89.8 Å². The Morgan fingerprint density at radius 3 is 2.83 bits per heavy atom. The second-order valence-corrected chi connectivity index (χ2v) is 4.31. The van der Waals surface area contributed by atoms with Crippen molar-refractivity contribution in [2.75, 3.05) is 5.73 Å². The Morgan fingerprint density at radius 2 is 2.17 bits per heavy atom. The molecule has 1 aliphatic rings. The van der Waals surface area contributed by atoms with Gasteiger partial charge in [-0.3, -0.25) is 0 Å². The summed E-state index contributed by atoms with van der Waals surface area (Å²) in [5, 5.41) is 9.72. The molecule has 0 aromatic carbocycles. The van der Waals surface area contributed by atoms with Gasteiger partial charge in [0, 0.05) is 6.42 Å². The van der Waals surface area contributed by atoms with Crippen LogP contribution in [-0.4, -0.2) is 30.7 Å². The largest absolute Gasteiger partial charge is 0.389 e. The van der Waals surface area contributed by atoms with Gasteiger partial charge < -0.3 is 15.4 Å². The molecule has 0 aliphatic heterocycles. The van der Waals surface area contributed by atoms with Gasteiger partial charge in [0.15, 0.2) is 10.8 Å². The lowest BCUT2D eigenvalue weighted by Gasteiger charge is -2.11. The molecule has 96 valence electrons. The van der Waals surface area contributed by atoms with Crippen molar-refractivity contribution >= 4 is 41.1 Å². The van der Waals surface area contributed by atoms with Gasteiger partial charge in [0.1, 0.15) is 5.52 Å². The predicted molar refractivity (Wildman–Crippen MR) is 70.8 cm³/mol. The van der Waals surface area contributed by atoms with Crippen molar-refractivity contribution in [2.24, 2.45) is 0 Å². The number of aromatic nitrogens is 4. The lowest BCUT2D eigenvalue weighted by Crippen LogP contribution is -2.08. The molecule has 0 radical (unpaired) electrons. The van der Waals surface area contributed by atoms with E-state index in [0.717, 1.165) is 0 Å². The summed E-state index contributed by atoms with van der Waals surface area (Å²) in [5.74, 6) is 0.117. The van der Waals surface area contributed by atoms with E-state index in [2.05, 4.69) is 15.0 Å². The third kappa shape index (κ3) is 2.03. The van der Waals surface area contributed by atoms with Crippen LogP contribution in [0.2, 0.25) is 5.15 Å². The standard InChI is InChI=1S/C10H10ClN5O.ClH/c11-8-7-9(15-10(12)14-8)16(4-13-7)5-1-2-6(17)3-5;/h1-2,4-6,17H,3H2,(H2,12,14,15);1H/t5-,6+;/m0./s1. The molecule has 0 amide bonds. The Morgan fingerprint density at radius 1 is 1.39 bits per heavy atom. The highest BCUT2D eigenvalue weighted by Crippen LogP contribution is 2.28. The summed E-state index contributed by atoms with van der Waals surface area (Å²) < 4.78 is 1.84. The van der Waals surface area contributed by atoms with Crippen LogP contribution in [0.3, 0.4) is 0 Å². The van der Waals surface area contributed by atoms with Gasteiger partial charge in [-0.25, -0.2) is 4.98 Å². The molecule has 0 unspecified atom stereocenters. The van der Waals surface area contributed by atoms with E-state index in [1.807, 2.05) is 10.6 Å². The number of halogens is 2. The third-order valence-electron chi connectivity index (χ3n) is 2.79. The maximum absolute atomic E-state index is 9.48. The maximum Gasteiger partial charge on any atom is 0.223 e. The molecule has 2 aromatic rings. The summed E-state index contributed by atoms with van der Waals surface area (Å²) in [6.45, 7) is 0. The number of aliphatic hydroxyl groups excluding tert-OH is 1. The van der Waals surface area contributed by atoms with E-state index in [0.29, 0.717) is 17.6 Å². The van der Waals surface area contributed by atoms with Crippen LogP contribution in [0.5, 0.6) is 0 Å². The van der Waals surface area contributed by atoms with Crippen molar-refractivity contribution in [1.82, 2.24) is 19.5 Å². The summed E-state index contributed by atoms with van der Waals surface area (Å²) in [6, 6.07) is 0.0281. The van der Waals surface area contributed by atoms with Crippen LogP contribution in [-0.2, 0) is 0 Å². The summed E-state index contributed by atoms with van der Waals surface area (Å²) in [4.78, 5) is 12.1. The third-order valence-corrected chi connectivity index (χ3v) is 3.06. The first kappa shape index (κ1) is 13.1. The highest BCUT2D eigenvalue weighted by atomic mass is 35.5. The normalized spacial score (nSPS) is 22.3. The number of aliphatic hydroxyl groups is 1. The van der Waals surface area contributed by atoms with Gasteiger partial charge in [0.05, 0.1) is 18.5 Å². The molecule has 2 aromatic heterocycles. The minimum absolute atomic E-state index is 0. The zero-order valence-corrected chi connectivity index (χ0v) is 10.8. The molecular weight excluding hydrogens is 277 g/mol. The smallest absolute Gasteiger partial charge is 0.223 e. The summed E-state index contributed by atoms with van der Waals surface area (Å²) in [5.41, 5.74) is 6.68. The van der Waals surface area contributed by atoms with E-state index in [1.165, 1.54) is 0 Å². The number of hydrogen-bond donors (Lipinski definition) is 2. The summed E-state index contributed by atoms with van der Waals surface area (Å²) >= 11 is 5.94. The van der Waals surface area contributed by atoms with Gasteiger partial charge in [0.2, 0.25) is 5.95 Å². The van der Waals surface area contributed by atoms with Gasteiger partial charge in [-0.1, -0.05) is 23.8 Å². The number of fused-ring (bicyclic) bond motifs is 1. The van der Waals surface area contributed by atoms with E-state index in [4.69, 9.17) is 17.3 Å². The molecule has 0 fully saturated rings. The Kier molecular flexibility index (Phi) is 3.43. The molecule has 3 rings (SSSR count). The van der Waals surface area contributed by atoms with Gasteiger partial charge in [-0.05, 0) is 0 Å². The maximum atomic E-state index is 9.48. The van der Waals surface area contributed by atoms with E-state index in [9.17, 15) is 5.11 Å². The highest BCUT2D eigenvalue weighted by Gasteiger charge is 2.21. The Bertz CT molecular complexity index is 612. The lowest BCUT2D eigenvalue weighted by atomic mass is 10.2. The molecule has 0 saturated carbocycles. The Balaban J connectivity index is 0.00000120. The molecule has 2 atom stereocenters. The fourth-order valence-corrected chi connectivity index (χ4v) is 2.23. The molecule has 2 heterocycles. The van der Waals surface area contributed by atoms with Gasteiger partial charge in [0.25, 0.3) is 0 Å². The number of imidazole rings is 1. The summed E-state index contributed by atoms with van der Waals surface area (Å²) in [7, 11) is 0. The first-order valence-corrected chi connectivity index (χ1v) is 5.55.